The topological polar surface area (TPSA) is 54.3 Å². The van der Waals surface area contributed by atoms with Crippen molar-refractivity contribution in [3.63, 3.8) is 0 Å². The molecule has 2 aromatic carbocycles. The van der Waals surface area contributed by atoms with Gasteiger partial charge in [-0.05, 0) is 50.3 Å². The predicted octanol–water partition coefficient (Wildman–Crippen LogP) is 5.36. The first kappa shape index (κ1) is 21.8. The normalized spacial score (nSPS) is 12.2. The Balaban J connectivity index is 1.83. The second kappa shape index (κ2) is 9.31. The molecule has 4 heteroatoms. The number of rotatable bonds is 8. The number of carbonyl (C=O) groups is 1. The largest absolute Gasteiger partial charge is 0.478 e. The van der Waals surface area contributed by atoms with Crippen LogP contribution in [0.15, 0.2) is 48.5 Å². The van der Waals surface area contributed by atoms with Crippen LogP contribution in [0.4, 0.5) is 0 Å². The van der Waals surface area contributed by atoms with E-state index in [9.17, 15) is 9.90 Å². The van der Waals surface area contributed by atoms with E-state index in [1.54, 1.807) is 0 Å². The Kier molecular flexibility index (Phi) is 6.78. The summed E-state index contributed by atoms with van der Waals surface area (Å²) < 4.78 is 2.14. The molecule has 0 radical (unpaired) electrons. The molecule has 30 heavy (non-hydrogen) atoms. The lowest BCUT2D eigenvalue weighted by Crippen LogP contribution is -2.21. The van der Waals surface area contributed by atoms with Gasteiger partial charge >= 0.3 is 5.97 Å². The summed E-state index contributed by atoms with van der Waals surface area (Å²) in [5, 5.41) is 13.4. The first-order chi connectivity index (χ1) is 14.3. The number of carboxylic acid groups (broad SMARTS) is 1. The highest BCUT2D eigenvalue weighted by molar-refractivity contribution is 5.91. The molecule has 158 valence electrons. The van der Waals surface area contributed by atoms with E-state index in [0.29, 0.717) is 24.6 Å². The zero-order chi connectivity index (χ0) is 21.8. The van der Waals surface area contributed by atoms with Gasteiger partial charge in [-0.2, -0.15) is 0 Å². The number of hydrogen-bond donors (Lipinski definition) is 2. The fourth-order valence-electron chi connectivity index (χ4n) is 4.14. The van der Waals surface area contributed by atoms with Gasteiger partial charge in [0.25, 0.3) is 0 Å². The molecule has 0 unspecified atom stereocenters. The lowest BCUT2D eigenvalue weighted by Gasteiger charge is -2.14. The van der Waals surface area contributed by atoms with Crippen molar-refractivity contribution in [3.8, 4) is 0 Å². The lowest BCUT2D eigenvalue weighted by atomic mass is 10.0. The molecule has 0 aliphatic carbocycles. The minimum Gasteiger partial charge on any atom is -0.478 e. The Morgan fingerprint density at radius 2 is 1.73 bits per heavy atom. The van der Waals surface area contributed by atoms with Crippen LogP contribution in [0.5, 0.6) is 0 Å². The summed E-state index contributed by atoms with van der Waals surface area (Å²) in [6.07, 6.45) is 0. The first-order valence-corrected chi connectivity index (χ1v) is 10.5. The summed E-state index contributed by atoms with van der Waals surface area (Å²) in [5.74, 6) is -0.499. The van der Waals surface area contributed by atoms with Gasteiger partial charge < -0.3 is 15.0 Å². The van der Waals surface area contributed by atoms with Crippen molar-refractivity contribution in [3.05, 3.63) is 93.3 Å². The number of carboxylic acids is 1. The van der Waals surface area contributed by atoms with Gasteiger partial charge in [0.05, 0.1) is 5.56 Å². The average Bonchev–Trinajstić information content (AvgIpc) is 2.95. The summed E-state index contributed by atoms with van der Waals surface area (Å²) in [4.78, 5) is 12.1. The molecule has 0 aliphatic rings. The molecule has 0 bridgehead atoms. The molecule has 0 amide bonds. The molecule has 0 spiro atoms. The van der Waals surface area contributed by atoms with E-state index in [1.807, 2.05) is 19.9 Å². The van der Waals surface area contributed by atoms with Crippen LogP contribution in [0, 0.1) is 27.7 Å². The van der Waals surface area contributed by atoms with Crippen molar-refractivity contribution in [2.75, 3.05) is 6.54 Å². The summed E-state index contributed by atoms with van der Waals surface area (Å²) in [6.45, 7) is 12.4. The van der Waals surface area contributed by atoms with E-state index in [4.69, 9.17) is 0 Å². The van der Waals surface area contributed by atoms with Crippen LogP contribution < -0.4 is 5.32 Å². The highest BCUT2D eigenvalue weighted by atomic mass is 16.4. The van der Waals surface area contributed by atoms with Crippen molar-refractivity contribution in [2.24, 2.45) is 0 Å². The Labute approximate surface area is 179 Å². The highest BCUT2D eigenvalue weighted by Crippen LogP contribution is 2.25. The predicted molar refractivity (Wildman–Crippen MR) is 122 cm³/mol. The molecule has 1 heterocycles. The first-order valence-electron chi connectivity index (χ1n) is 10.5. The quantitative estimate of drug-likeness (QED) is 0.531. The third-order valence-electron chi connectivity index (χ3n) is 6.08. The second-order valence-electron chi connectivity index (χ2n) is 8.29. The van der Waals surface area contributed by atoms with Crippen molar-refractivity contribution < 1.29 is 9.90 Å². The molecule has 3 rings (SSSR count). The molecule has 0 fully saturated rings. The van der Waals surface area contributed by atoms with Gasteiger partial charge in [-0.1, -0.05) is 61.0 Å². The van der Waals surface area contributed by atoms with Crippen LogP contribution in [-0.2, 0) is 13.1 Å². The number of nitrogens with zero attached hydrogens (tertiary/aromatic N) is 1. The number of benzene rings is 2. The fourth-order valence-corrected chi connectivity index (χ4v) is 4.14. The Morgan fingerprint density at radius 3 is 2.40 bits per heavy atom. The fraction of sp³-hybridized carbons (Fsp3) is 0.346. The van der Waals surface area contributed by atoms with Crippen LogP contribution in [0.2, 0.25) is 0 Å². The summed E-state index contributed by atoms with van der Waals surface area (Å²) in [5.41, 5.74) is 8.09. The maximum Gasteiger partial charge on any atom is 0.337 e. The lowest BCUT2D eigenvalue weighted by molar-refractivity contribution is 0.0694. The highest BCUT2D eigenvalue weighted by Gasteiger charge is 2.23. The number of aryl methyl sites for hydroxylation is 2. The summed E-state index contributed by atoms with van der Waals surface area (Å²) >= 11 is 0. The smallest absolute Gasteiger partial charge is 0.337 e. The molecule has 0 aliphatic heterocycles. The van der Waals surface area contributed by atoms with Crippen LogP contribution in [0.3, 0.4) is 0 Å². The van der Waals surface area contributed by atoms with Crippen LogP contribution in [-0.4, -0.2) is 22.2 Å². The van der Waals surface area contributed by atoms with E-state index in [-0.39, 0.29) is 0 Å². The Hall–Kier alpha value is -2.85. The van der Waals surface area contributed by atoms with Gasteiger partial charge in [-0.3, -0.25) is 0 Å². The van der Waals surface area contributed by atoms with Crippen LogP contribution in [0.1, 0.15) is 62.4 Å². The third-order valence-corrected chi connectivity index (χ3v) is 6.08. The van der Waals surface area contributed by atoms with E-state index in [0.717, 1.165) is 23.5 Å². The molecular weight excluding hydrogens is 372 g/mol. The molecule has 3 aromatic rings. The second-order valence-corrected chi connectivity index (χ2v) is 8.29. The van der Waals surface area contributed by atoms with Crippen molar-refractivity contribution in [1.29, 1.82) is 0 Å². The van der Waals surface area contributed by atoms with Crippen LogP contribution in [0.25, 0.3) is 0 Å². The zero-order valence-corrected chi connectivity index (χ0v) is 18.6. The van der Waals surface area contributed by atoms with Gasteiger partial charge in [-0.15, -0.1) is 0 Å². The average molecular weight is 405 g/mol. The van der Waals surface area contributed by atoms with Crippen molar-refractivity contribution >= 4 is 5.97 Å². The Morgan fingerprint density at radius 1 is 1.03 bits per heavy atom. The number of aromatic carboxylic acids is 1. The SMILES string of the molecule is Cc1ccc(C)c(Cn2c(C)c(CNC[C@@H](C)c3ccccc3)c(C(=O)O)c2C)c1. The third kappa shape index (κ3) is 4.65. The maximum atomic E-state index is 12.1. The minimum absolute atomic E-state index is 0.359. The molecule has 0 saturated carbocycles. The molecule has 4 nitrogen and oxygen atoms in total. The number of nitrogens with one attached hydrogen (secondary N) is 1. The van der Waals surface area contributed by atoms with E-state index < -0.39 is 5.97 Å². The summed E-state index contributed by atoms with van der Waals surface area (Å²) in [6, 6.07) is 16.8. The molecule has 0 saturated heterocycles. The standard InChI is InChI=1S/C26H32N2O2/c1-17-11-12-18(2)23(13-17)16-28-20(4)24(25(21(28)5)26(29)30)15-27-14-19(3)22-9-7-6-8-10-22/h6-13,19,27H,14-16H2,1-5H3,(H,29,30)/t19-/m1/s1. The van der Waals surface area contributed by atoms with E-state index >= 15 is 0 Å². The number of aromatic nitrogens is 1. The van der Waals surface area contributed by atoms with Gasteiger partial charge in [0, 0.05) is 36.6 Å². The van der Waals surface area contributed by atoms with Gasteiger partial charge in [0.1, 0.15) is 0 Å². The minimum atomic E-state index is -0.858. The van der Waals surface area contributed by atoms with E-state index in [1.165, 1.54) is 22.3 Å². The molecule has 2 N–H and O–H groups in total. The molecule has 1 aromatic heterocycles. The van der Waals surface area contributed by atoms with Gasteiger partial charge in [0.2, 0.25) is 0 Å². The monoisotopic (exact) mass is 404 g/mol. The van der Waals surface area contributed by atoms with Gasteiger partial charge in [0.15, 0.2) is 0 Å². The van der Waals surface area contributed by atoms with Crippen LogP contribution >= 0.6 is 0 Å². The molecule has 1 atom stereocenters. The zero-order valence-electron chi connectivity index (χ0n) is 18.6. The van der Waals surface area contributed by atoms with E-state index in [2.05, 4.69) is 73.1 Å². The van der Waals surface area contributed by atoms with Crippen molar-refractivity contribution in [2.45, 2.75) is 53.6 Å². The Bertz CT molecular complexity index is 1030. The van der Waals surface area contributed by atoms with Crippen molar-refractivity contribution in [1.82, 2.24) is 9.88 Å². The molecular formula is C26H32N2O2. The van der Waals surface area contributed by atoms with Gasteiger partial charge in [-0.25, -0.2) is 4.79 Å². The number of hydrogen-bond acceptors (Lipinski definition) is 2. The summed E-state index contributed by atoms with van der Waals surface area (Å²) in [7, 11) is 0. The maximum absolute atomic E-state index is 12.1.